The Kier molecular flexibility index (Phi) is 7.84. The van der Waals surface area contributed by atoms with Crippen molar-refractivity contribution in [3.8, 4) is 0 Å². The van der Waals surface area contributed by atoms with Gasteiger partial charge in [-0.3, -0.25) is 9.59 Å². The summed E-state index contributed by atoms with van der Waals surface area (Å²) in [5.74, 6) is -0.580. The van der Waals surface area contributed by atoms with Gasteiger partial charge in [0.25, 0.3) is 5.91 Å². The maximum Gasteiger partial charge on any atom is 0.416 e. The van der Waals surface area contributed by atoms with Crippen LogP contribution in [0.5, 0.6) is 0 Å². The lowest BCUT2D eigenvalue weighted by molar-refractivity contribution is -0.137. The lowest BCUT2D eigenvalue weighted by Crippen LogP contribution is -2.49. The fourth-order valence-electron chi connectivity index (χ4n) is 4.26. The first-order chi connectivity index (χ1) is 15.5. The average molecular weight is 488 g/mol. The van der Waals surface area contributed by atoms with Gasteiger partial charge >= 0.3 is 6.18 Å². The summed E-state index contributed by atoms with van der Waals surface area (Å²) in [6, 6.07) is 4.26. The smallest absolute Gasteiger partial charge is 0.352 e. The van der Waals surface area contributed by atoms with Gasteiger partial charge in [-0.2, -0.15) is 13.2 Å². The number of carbonyl (C=O) groups excluding carboxylic acids is 2. The van der Waals surface area contributed by atoms with Gasteiger partial charge in [-0.05, 0) is 55.9 Å². The molecule has 0 radical (unpaired) electrons. The summed E-state index contributed by atoms with van der Waals surface area (Å²) >= 11 is 0. The third kappa shape index (κ3) is 6.14. The summed E-state index contributed by atoms with van der Waals surface area (Å²) in [7, 11) is -3.54. The van der Waals surface area contributed by atoms with E-state index >= 15 is 0 Å². The van der Waals surface area contributed by atoms with E-state index in [0.717, 1.165) is 12.1 Å². The second-order valence-corrected chi connectivity index (χ2v) is 10.6. The van der Waals surface area contributed by atoms with Gasteiger partial charge in [0.1, 0.15) is 0 Å². The Balaban J connectivity index is 1.53. The van der Waals surface area contributed by atoms with Crippen molar-refractivity contribution in [1.29, 1.82) is 0 Å². The molecule has 2 saturated heterocycles. The van der Waals surface area contributed by atoms with Crippen LogP contribution in [0.1, 0.15) is 41.6 Å². The molecule has 1 N–H and O–H groups in total. The van der Waals surface area contributed by atoms with Gasteiger partial charge in [-0.25, -0.2) is 12.7 Å². The molecule has 33 heavy (non-hydrogen) atoms. The summed E-state index contributed by atoms with van der Waals surface area (Å²) < 4.78 is 66.4. The second kappa shape index (κ2) is 10.3. The van der Waals surface area contributed by atoms with Gasteiger partial charge in [0.15, 0.2) is 0 Å². The number of piperidine rings is 2. The fourth-order valence-corrected chi connectivity index (χ4v) is 6.21. The molecule has 0 saturated carbocycles. The first-order valence-corrected chi connectivity index (χ1v) is 12.4. The van der Waals surface area contributed by atoms with Gasteiger partial charge < -0.3 is 10.2 Å². The topological polar surface area (TPSA) is 86.8 Å². The highest BCUT2D eigenvalue weighted by molar-refractivity contribution is 7.89. The first-order valence-electron chi connectivity index (χ1n) is 10.9. The molecular weight excluding hydrogens is 459 g/mol. The number of sulfonamides is 1. The molecule has 2 aliphatic heterocycles. The van der Waals surface area contributed by atoms with Gasteiger partial charge in [0, 0.05) is 38.3 Å². The number of carbonyl (C=O) groups is 2. The Hall–Kier alpha value is -2.40. The summed E-state index contributed by atoms with van der Waals surface area (Å²) in [4.78, 5) is 25.4. The molecule has 0 aliphatic carbocycles. The van der Waals surface area contributed by atoms with Crippen LogP contribution in [-0.2, 0) is 21.0 Å². The second-order valence-electron chi connectivity index (χ2n) is 8.41. The number of benzene rings is 1. The zero-order chi connectivity index (χ0) is 24.2. The number of nitrogens with zero attached hydrogens (tertiary/aromatic N) is 2. The van der Waals surface area contributed by atoms with E-state index < -0.39 is 32.9 Å². The van der Waals surface area contributed by atoms with Crippen LogP contribution in [0.3, 0.4) is 0 Å². The Labute approximate surface area is 191 Å². The molecule has 2 fully saturated rings. The molecule has 182 valence electrons. The molecular formula is C22H28F3N3O4S. The molecule has 0 spiro atoms. The van der Waals surface area contributed by atoms with Crippen LogP contribution in [0.4, 0.5) is 13.2 Å². The number of hydrogen-bond acceptors (Lipinski definition) is 4. The van der Waals surface area contributed by atoms with Crippen molar-refractivity contribution < 1.29 is 31.2 Å². The van der Waals surface area contributed by atoms with E-state index in [1.165, 1.54) is 27.4 Å². The number of alkyl halides is 3. The third-order valence-corrected chi connectivity index (χ3v) is 8.67. The lowest BCUT2D eigenvalue weighted by atomic mass is 9.98. The Morgan fingerprint density at radius 3 is 2.30 bits per heavy atom. The molecule has 2 aliphatic rings. The van der Waals surface area contributed by atoms with Crippen LogP contribution >= 0.6 is 0 Å². The molecule has 2 heterocycles. The van der Waals surface area contributed by atoms with Crippen LogP contribution in [0.15, 0.2) is 36.9 Å². The van der Waals surface area contributed by atoms with Crippen LogP contribution in [-0.4, -0.2) is 67.4 Å². The Morgan fingerprint density at radius 1 is 1.09 bits per heavy atom. The van der Waals surface area contributed by atoms with Gasteiger partial charge in [-0.1, -0.05) is 12.6 Å². The van der Waals surface area contributed by atoms with Crippen LogP contribution in [0.2, 0.25) is 0 Å². The first kappa shape index (κ1) is 25.2. The van der Waals surface area contributed by atoms with E-state index in [2.05, 4.69) is 11.9 Å². The molecule has 0 unspecified atom stereocenters. The molecule has 0 atom stereocenters. The van der Waals surface area contributed by atoms with Crippen molar-refractivity contribution in [2.75, 3.05) is 32.7 Å². The number of likely N-dealkylation sites (tertiary alicyclic amines) is 1. The van der Waals surface area contributed by atoms with Crippen molar-refractivity contribution in [2.24, 2.45) is 5.92 Å². The minimum Gasteiger partial charge on any atom is -0.352 e. The highest BCUT2D eigenvalue weighted by atomic mass is 32.2. The zero-order valence-corrected chi connectivity index (χ0v) is 19.0. The SMILES string of the molecule is C=CC(=O)NCC1CCN(S(=O)(=O)C2CCN(C(=O)c3cccc(C(F)(F)F)c3)CC2)CC1. The maximum atomic E-state index is 13.1. The molecule has 11 heteroatoms. The van der Waals surface area contributed by atoms with Crippen molar-refractivity contribution in [2.45, 2.75) is 37.1 Å². The standard InChI is InChI=1S/C22H28F3N3O4S/c1-2-20(29)26-15-16-6-12-28(13-7-16)33(31,32)19-8-10-27(11-9-19)21(30)17-4-3-5-18(14-17)22(23,24)25/h2-5,14,16,19H,1,6-13,15H2,(H,26,29). The van der Waals surface area contributed by atoms with Gasteiger partial charge in [0.05, 0.1) is 10.8 Å². The van der Waals surface area contributed by atoms with E-state index in [1.807, 2.05) is 0 Å². The zero-order valence-electron chi connectivity index (χ0n) is 18.2. The Bertz CT molecular complexity index is 981. The van der Waals surface area contributed by atoms with Crippen LogP contribution in [0, 0.1) is 5.92 Å². The molecule has 1 aromatic carbocycles. The van der Waals surface area contributed by atoms with Crippen molar-refractivity contribution in [3.63, 3.8) is 0 Å². The van der Waals surface area contributed by atoms with Crippen molar-refractivity contribution in [1.82, 2.24) is 14.5 Å². The van der Waals surface area contributed by atoms with Crippen molar-refractivity contribution >= 4 is 21.8 Å². The van der Waals surface area contributed by atoms with E-state index in [0.29, 0.717) is 32.5 Å². The fraction of sp³-hybridized carbons (Fsp3) is 0.545. The summed E-state index contributed by atoms with van der Waals surface area (Å²) in [6.45, 7) is 4.97. The Morgan fingerprint density at radius 2 is 1.73 bits per heavy atom. The summed E-state index contributed by atoms with van der Waals surface area (Å²) in [6.07, 6.45) is -1.58. The highest BCUT2D eigenvalue weighted by Crippen LogP contribution is 2.30. The number of nitrogens with one attached hydrogen (secondary N) is 1. The lowest BCUT2D eigenvalue weighted by Gasteiger charge is -2.37. The summed E-state index contributed by atoms with van der Waals surface area (Å²) in [5, 5.41) is 2.11. The molecule has 2 amide bonds. The molecule has 3 rings (SSSR count). The minimum atomic E-state index is -4.54. The van der Waals surface area contributed by atoms with E-state index in [9.17, 15) is 31.2 Å². The van der Waals surface area contributed by atoms with Crippen molar-refractivity contribution in [3.05, 3.63) is 48.0 Å². The number of halogens is 3. The average Bonchev–Trinajstić information content (AvgIpc) is 2.82. The monoisotopic (exact) mass is 487 g/mol. The molecule has 0 bridgehead atoms. The van der Waals surface area contributed by atoms with Crippen LogP contribution < -0.4 is 5.32 Å². The number of hydrogen-bond donors (Lipinski definition) is 1. The molecule has 1 aromatic rings. The molecule has 0 aromatic heterocycles. The highest BCUT2D eigenvalue weighted by Gasteiger charge is 2.38. The quantitative estimate of drug-likeness (QED) is 0.625. The minimum absolute atomic E-state index is 0.0586. The third-order valence-electron chi connectivity index (χ3n) is 6.27. The molecule has 7 nitrogen and oxygen atoms in total. The normalized spacial score (nSPS) is 19.3. The predicted octanol–water partition coefficient (Wildman–Crippen LogP) is 2.65. The van der Waals surface area contributed by atoms with Gasteiger partial charge in [-0.15, -0.1) is 0 Å². The summed E-state index contributed by atoms with van der Waals surface area (Å²) in [5.41, 5.74) is -0.949. The largest absolute Gasteiger partial charge is 0.416 e. The number of rotatable bonds is 6. The van der Waals surface area contributed by atoms with E-state index in [4.69, 9.17) is 0 Å². The number of amides is 2. The van der Waals surface area contributed by atoms with Crippen LogP contribution in [0.25, 0.3) is 0 Å². The van der Waals surface area contributed by atoms with E-state index in [-0.39, 0.29) is 43.3 Å². The maximum absolute atomic E-state index is 13.1. The predicted molar refractivity (Wildman–Crippen MR) is 117 cm³/mol. The van der Waals surface area contributed by atoms with Gasteiger partial charge in [0.2, 0.25) is 15.9 Å². The van der Waals surface area contributed by atoms with E-state index in [1.54, 1.807) is 0 Å².